The molecular formula is C14H14O2. The average Bonchev–Trinajstić information content (AvgIpc) is 2.80. The molecule has 0 N–H and O–H groups in total. The lowest BCUT2D eigenvalue weighted by molar-refractivity contribution is -0.117. The van der Waals surface area contributed by atoms with E-state index in [-0.39, 0.29) is 11.7 Å². The molecule has 0 saturated carbocycles. The van der Waals surface area contributed by atoms with E-state index in [1.165, 1.54) is 0 Å². The Kier molecular flexibility index (Phi) is 3.20. The van der Waals surface area contributed by atoms with Crippen molar-refractivity contribution in [1.82, 2.24) is 0 Å². The summed E-state index contributed by atoms with van der Waals surface area (Å²) in [5.41, 5.74) is 1.12. The van der Waals surface area contributed by atoms with Gasteiger partial charge in [-0.3, -0.25) is 4.79 Å². The summed E-state index contributed by atoms with van der Waals surface area (Å²) >= 11 is 0. The molecule has 1 heterocycles. The lowest BCUT2D eigenvalue weighted by Gasteiger charge is -2.13. The van der Waals surface area contributed by atoms with Crippen LogP contribution in [0.4, 0.5) is 0 Å². The molecule has 2 nitrogen and oxygen atoms in total. The summed E-state index contributed by atoms with van der Waals surface area (Å²) in [7, 11) is 0. The molecule has 0 radical (unpaired) electrons. The standard InChI is InChI=1S/C14H14O2/c1-11(15)10-13(14-8-5-9-16-14)12-6-3-2-4-7-12/h2-9,13H,10H2,1H3. The Hall–Kier alpha value is -1.83. The van der Waals surface area contributed by atoms with Crippen molar-refractivity contribution < 1.29 is 9.21 Å². The van der Waals surface area contributed by atoms with Gasteiger partial charge in [0.25, 0.3) is 0 Å². The van der Waals surface area contributed by atoms with Crippen LogP contribution >= 0.6 is 0 Å². The van der Waals surface area contributed by atoms with Crippen molar-refractivity contribution in [3.63, 3.8) is 0 Å². The van der Waals surface area contributed by atoms with E-state index in [0.29, 0.717) is 6.42 Å². The highest BCUT2D eigenvalue weighted by Crippen LogP contribution is 2.28. The molecule has 0 fully saturated rings. The predicted molar refractivity (Wildman–Crippen MR) is 62.3 cm³/mol. The summed E-state index contributed by atoms with van der Waals surface area (Å²) in [6.45, 7) is 1.61. The van der Waals surface area contributed by atoms with Crippen LogP contribution in [0.25, 0.3) is 0 Å². The maximum absolute atomic E-state index is 11.3. The van der Waals surface area contributed by atoms with E-state index < -0.39 is 0 Å². The summed E-state index contributed by atoms with van der Waals surface area (Å²) in [4.78, 5) is 11.3. The van der Waals surface area contributed by atoms with Crippen molar-refractivity contribution >= 4 is 5.78 Å². The largest absolute Gasteiger partial charge is 0.469 e. The number of hydrogen-bond donors (Lipinski definition) is 0. The van der Waals surface area contributed by atoms with E-state index in [2.05, 4.69) is 0 Å². The number of ketones is 1. The molecule has 0 aliphatic rings. The van der Waals surface area contributed by atoms with Gasteiger partial charge in [0, 0.05) is 12.3 Å². The van der Waals surface area contributed by atoms with Gasteiger partial charge in [-0.15, -0.1) is 0 Å². The zero-order chi connectivity index (χ0) is 11.4. The van der Waals surface area contributed by atoms with Crippen molar-refractivity contribution in [1.29, 1.82) is 0 Å². The van der Waals surface area contributed by atoms with Gasteiger partial charge >= 0.3 is 0 Å². The molecule has 2 rings (SSSR count). The van der Waals surface area contributed by atoms with Crippen molar-refractivity contribution in [3.05, 3.63) is 60.1 Å². The van der Waals surface area contributed by atoms with Crippen molar-refractivity contribution in [2.24, 2.45) is 0 Å². The van der Waals surface area contributed by atoms with Gasteiger partial charge in [-0.2, -0.15) is 0 Å². The fourth-order valence-electron chi connectivity index (χ4n) is 1.85. The van der Waals surface area contributed by atoms with E-state index in [0.717, 1.165) is 11.3 Å². The van der Waals surface area contributed by atoms with E-state index in [9.17, 15) is 4.79 Å². The van der Waals surface area contributed by atoms with Gasteiger partial charge in [0.2, 0.25) is 0 Å². The van der Waals surface area contributed by atoms with Crippen molar-refractivity contribution in [3.8, 4) is 0 Å². The van der Waals surface area contributed by atoms with Crippen molar-refractivity contribution in [2.45, 2.75) is 19.3 Å². The molecule has 0 amide bonds. The Balaban J connectivity index is 2.32. The van der Waals surface area contributed by atoms with Crippen LogP contribution in [-0.2, 0) is 4.79 Å². The minimum atomic E-state index is 0.0358. The summed E-state index contributed by atoms with van der Waals surface area (Å²) in [5, 5.41) is 0. The van der Waals surface area contributed by atoms with E-state index >= 15 is 0 Å². The fraction of sp³-hybridized carbons (Fsp3) is 0.214. The Labute approximate surface area is 94.9 Å². The Morgan fingerprint density at radius 3 is 2.50 bits per heavy atom. The maximum Gasteiger partial charge on any atom is 0.130 e. The second-order valence-electron chi connectivity index (χ2n) is 3.88. The topological polar surface area (TPSA) is 30.2 Å². The number of Topliss-reactive ketones (excluding diaryl/α,β-unsaturated/α-hetero) is 1. The molecule has 0 aliphatic carbocycles. The smallest absolute Gasteiger partial charge is 0.130 e. The van der Waals surface area contributed by atoms with Gasteiger partial charge < -0.3 is 4.42 Å². The zero-order valence-corrected chi connectivity index (χ0v) is 9.22. The third-order valence-electron chi connectivity index (χ3n) is 2.58. The molecule has 1 aromatic heterocycles. The third-order valence-corrected chi connectivity index (χ3v) is 2.58. The van der Waals surface area contributed by atoms with Crippen LogP contribution < -0.4 is 0 Å². The molecule has 1 unspecified atom stereocenters. The summed E-state index contributed by atoms with van der Waals surface area (Å²) in [6, 6.07) is 13.7. The predicted octanol–water partition coefficient (Wildman–Crippen LogP) is 3.39. The third kappa shape index (κ3) is 2.40. The molecule has 0 aliphatic heterocycles. The van der Waals surface area contributed by atoms with Crippen LogP contribution in [-0.4, -0.2) is 5.78 Å². The minimum absolute atomic E-state index is 0.0358. The molecule has 82 valence electrons. The highest BCUT2D eigenvalue weighted by Gasteiger charge is 2.18. The number of rotatable bonds is 4. The van der Waals surface area contributed by atoms with Gasteiger partial charge in [0.05, 0.1) is 6.26 Å². The number of benzene rings is 1. The lowest BCUT2D eigenvalue weighted by Crippen LogP contribution is -2.05. The number of carbonyl (C=O) groups is 1. The molecule has 2 aromatic rings. The first-order valence-corrected chi connectivity index (χ1v) is 5.35. The molecule has 16 heavy (non-hydrogen) atoms. The average molecular weight is 214 g/mol. The van der Waals surface area contributed by atoms with Crippen LogP contribution in [0, 0.1) is 0 Å². The van der Waals surface area contributed by atoms with Crippen molar-refractivity contribution in [2.75, 3.05) is 0 Å². The highest BCUT2D eigenvalue weighted by atomic mass is 16.3. The first kappa shape index (κ1) is 10.7. The molecule has 2 heteroatoms. The summed E-state index contributed by atoms with van der Waals surface area (Å²) < 4.78 is 5.40. The Morgan fingerprint density at radius 2 is 1.94 bits per heavy atom. The molecule has 0 bridgehead atoms. The fourth-order valence-corrected chi connectivity index (χ4v) is 1.85. The Morgan fingerprint density at radius 1 is 1.19 bits per heavy atom. The maximum atomic E-state index is 11.3. The molecule has 1 atom stereocenters. The summed E-state index contributed by atoms with van der Waals surface area (Å²) in [5.74, 6) is 1.06. The molecule has 0 saturated heterocycles. The van der Waals surface area contributed by atoms with E-state index in [1.54, 1.807) is 13.2 Å². The van der Waals surface area contributed by atoms with Gasteiger partial charge in [0.1, 0.15) is 11.5 Å². The SMILES string of the molecule is CC(=O)CC(c1ccccc1)c1ccco1. The molecule has 0 spiro atoms. The number of hydrogen-bond acceptors (Lipinski definition) is 2. The van der Waals surface area contributed by atoms with Gasteiger partial charge in [-0.05, 0) is 24.6 Å². The number of carbonyl (C=O) groups excluding carboxylic acids is 1. The summed E-state index contributed by atoms with van der Waals surface area (Å²) in [6.07, 6.45) is 2.13. The monoisotopic (exact) mass is 214 g/mol. The van der Waals surface area contributed by atoms with Gasteiger partial charge in [-0.1, -0.05) is 30.3 Å². The first-order chi connectivity index (χ1) is 7.77. The quantitative estimate of drug-likeness (QED) is 0.780. The number of furan rings is 1. The first-order valence-electron chi connectivity index (χ1n) is 5.35. The van der Waals surface area contributed by atoms with Crippen LogP contribution in [0.5, 0.6) is 0 Å². The van der Waals surface area contributed by atoms with E-state index in [1.807, 2.05) is 42.5 Å². The van der Waals surface area contributed by atoms with Gasteiger partial charge in [0.15, 0.2) is 0 Å². The van der Waals surface area contributed by atoms with Crippen LogP contribution in [0.3, 0.4) is 0 Å². The van der Waals surface area contributed by atoms with Crippen LogP contribution in [0.2, 0.25) is 0 Å². The normalized spacial score (nSPS) is 12.3. The zero-order valence-electron chi connectivity index (χ0n) is 9.22. The van der Waals surface area contributed by atoms with Gasteiger partial charge in [-0.25, -0.2) is 0 Å². The van der Waals surface area contributed by atoms with Crippen LogP contribution in [0.15, 0.2) is 53.1 Å². The lowest BCUT2D eigenvalue weighted by atomic mass is 9.92. The second-order valence-corrected chi connectivity index (χ2v) is 3.88. The molecular weight excluding hydrogens is 200 g/mol. The minimum Gasteiger partial charge on any atom is -0.469 e. The Bertz CT molecular complexity index is 443. The van der Waals surface area contributed by atoms with Crippen LogP contribution in [0.1, 0.15) is 30.6 Å². The molecule has 1 aromatic carbocycles. The van der Waals surface area contributed by atoms with E-state index in [4.69, 9.17) is 4.42 Å². The highest BCUT2D eigenvalue weighted by molar-refractivity contribution is 5.77. The second kappa shape index (κ2) is 4.79.